The van der Waals surface area contributed by atoms with Gasteiger partial charge in [-0.05, 0) is 86.5 Å². The number of carboxylic acid groups (broad SMARTS) is 1. The molecule has 0 unspecified atom stereocenters. The van der Waals surface area contributed by atoms with Crippen LogP contribution >= 0.6 is 23.1 Å². The van der Waals surface area contributed by atoms with E-state index in [2.05, 4.69) is 28.9 Å². The number of aliphatic hydroxyl groups excluding tert-OH is 1. The van der Waals surface area contributed by atoms with E-state index in [1.165, 1.54) is 9.09 Å². The number of ether oxygens (including phenoxy) is 1. The maximum absolute atomic E-state index is 11.6. The molecule has 1 fully saturated rings. The second-order valence-corrected chi connectivity index (χ2v) is 12.0. The zero-order chi connectivity index (χ0) is 24.8. The highest BCUT2D eigenvalue weighted by molar-refractivity contribution is 8.01. The smallest absolute Gasteiger partial charge is 0.303 e. The predicted octanol–water partition coefficient (Wildman–Crippen LogP) is 5.63. The lowest BCUT2D eigenvalue weighted by atomic mass is 9.79. The van der Waals surface area contributed by atoms with Crippen LogP contribution in [0, 0.1) is 18.8 Å². The molecular weight excluding hydrogens is 480 g/mol. The monoisotopic (exact) mass is 514 g/mol. The van der Waals surface area contributed by atoms with Gasteiger partial charge in [0.05, 0.1) is 22.9 Å². The average Bonchev–Trinajstić information content (AvgIpc) is 3.27. The van der Waals surface area contributed by atoms with Gasteiger partial charge in [0.2, 0.25) is 0 Å². The van der Waals surface area contributed by atoms with E-state index in [9.17, 15) is 15.0 Å². The molecule has 6 nitrogen and oxygen atoms in total. The van der Waals surface area contributed by atoms with Gasteiger partial charge in [-0.25, -0.2) is 0 Å². The molecule has 0 radical (unpaired) electrons. The van der Waals surface area contributed by atoms with E-state index in [0.717, 1.165) is 60.4 Å². The van der Waals surface area contributed by atoms with Gasteiger partial charge in [0.1, 0.15) is 5.75 Å². The van der Waals surface area contributed by atoms with Crippen LogP contribution in [0.4, 0.5) is 0 Å². The molecule has 4 rings (SSSR count). The normalized spacial score (nSPS) is 19.6. The molecule has 0 saturated carbocycles. The number of aliphatic carboxylic acids is 1. The summed E-state index contributed by atoms with van der Waals surface area (Å²) in [6.45, 7) is 4.89. The third kappa shape index (κ3) is 6.97. The molecule has 0 spiro atoms. The van der Waals surface area contributed by atoms with Gasteiger partial charge in [0, 0.05) is 41.7 Å². The first kappa shape index (κ1) is 25.9. The molecule has 3 heterocycles. The first-order valence-electron chi connectivity index (χ1n) is 12.2. The highest BCUT2D eigenvalue weighted by atomic mass is 32.2. The van der Waals surface area contributed by atoms with E-state index in [0.29, 0.717) is 12.3 Å². The Balaban J connectivity index is 1.35. The first-order valence-corrected chi connectivity index (χ1v) is 14.0. The average molecular weight is 515 g/mol. The van der Waals surface area contributed by atoms with Crippen LogP contribution in [0.2, 0.25) is 0 Å². The molecule has 1 aromatic carbocycles. The summed E-state index contributed by atoms with van der Waals surface area (Å²) in [5, 5.41) is 21.5. The Morgan fingerprint density at radius 3 is 2.89 bits per heavy atom. The lowest BCUT2D eigenvalue weighted by molar-refractivity contribution is -0.139. The number of benzene rings is 1. The van der Waals surface area contributed by atoms with Gasteiger partial charge < -0.3 is 19.8 Å². The summed E-state index contributed by atoms with van der Waals surface area (Å²) >= 11 is 3.71. The number of likely N-dealkylation sites (tertiary alicyclic amines) is 1. The Morgan fingerprint density at radius 2 is 2.14 bits per heavy atom. The molecule has 35 heavy (non-hydrogen) atoms. The van der Waals surface area contributed by atoms with Crippen molar-refractivity contribution in [2.24, 2.45) is 11.8 Å². The van der Waals surface area contributed by atoms with E-state index in [1.807, 2.05) is 47.4 Å². The molecule has 188 valence electrons. The number of rotatable bonds is 11. The number of carboxylic acids is 1. The molecule has 3 atom stereocenters. The van der Waals surface area contributed by atoms with Crippen molar-refractivity contribution < 1.29 is 19.7 Å². The number of aromatic nitrogens is 1. The van der Waals surface area contributed by atoms with Crippen molar-refractivity contribution in [2.45, 2.75) is 42.9 Å². The van der Waals surface area contributed by atoms with Crippen molar-refractivity contribution in [3.8, 4) is 5.75 Å². The van der Waals surface area contributed by atoms with Crippen LogP contribution in [0.15, 0.2) is 46.8 Å². The third-order valence-corrected chi connectivity index (χ3v) is 9.14. The van der Waals surface area contributed by atoms with Gasteiger partial charge in [-0.15, -0.1) is 23.1 Å². The van der Waals surface area contributed by atoms with Gasteiger partial charge in [-0.2, -0.15) is 0 Å². The van der Waals surface area contributed by atoms with Gasteiger partial charge in [-0.1, -0.05) is 0 Å². The van der Waals surface area contributed by atoms with Crippen LogP contribution in [-0.4, -0.2) is 58.6 Å². The SMILES string of the molecule is COc1ccc2nccc([C@H](O)CC[C@@H]3CCN(CCSc4ccc(C)s4)C[C@@H]3CC(=O)O)c2c1. The van der Waals surface area contributed by atoms with Crippen LogP contribution in [-0.2, 0) is 4.79 Å². The number of methoxy groups -OCH3 is 1. The Hall–Kier alpha value is -2.13. The summed E-state index contributed by atoms with van der Waals surface area (Å²) in [6.07, 6.45) is 3.67. The minimum Gasteiger partial charge on any atom is -0.497 e. The number of hydrogen-bond donors (Lipinski definition) is 2. The standard InChI is InChI=1S/C27H34N2O4S2/c1-18-3-8-27(35-18)34-14-13-29-12-10-19(20(17-29)15-26(31)32)4-7-25(30)22-9-11-28-24-6-5-21(33-2)16-23(22)24/h3,5-6,8-9,11,16,19-20,25,30H,4,7,10,12-15,17H2,1-2H3,(H,31,32)/t19-,20+,25-/m1/s1. The highest BCUT2D eigenvalue weighted by Gasteiger charge is 2.31. The fourth-order valence-corrected chi connectivity index (χ4v) is 7.24. The fraction of sp³-hybridized carbons (Fsp3) is 0.481. The maximum Gasteiger partial charge on any atom is 0.303 e. The molecule has 0 amide bonds. The number of nitrogens with zero attached hydrogens (tertiary/aromatic N) is 2. The zero-order valence-corrected chi connectivity index (χ0v) is 22.0. The summed E-state index contributed by atoms with van der Waals surface area (Å²) in [5.41, 5.74) is 1.68. The predicted molar refractivity (Wildman–Crippen MR) is 143 cm³/mol. The summed E-state index contributed by atoms with van der Waals surface area (Å²) in [4.78, 5) is 19.8. The quantitative estimate of drug-likeness (QED) is 0.321. The van der Waals surface area contributed by atoms with Crippen molar-refractivity contribution in [1.29, 1.82) is 0 Å². The lowest BCUT2D eigenvalue weighted by Crippen LogP contribution is -2.42. The molecule has 0 aliphatic carbocycles. The van der Waals surface area contributed by atoms with E-state index >= 15 is 0 Å². The second kappa shape index (κ2) is 12.2. The summed E-state index contributed by atoms with van der Waals surface area (Å²) in [5.74, 6) is 1.42. The number of thioether (sulfide) groups is 1. The van der Waals surface area contributed by atoms with Crippen molar-refractivity contribution in [1.82, 2.24) is 9.88 Å². The van der Waals surface area contributed by atoms with E-state index in [4.69, 9.17) is 4.74 Å². The van der Waals surface area contributed by atoms with Crippen molar-refractivity contribution >= 4 is 40.0 Å². The fourth-order valence-electron chi connectivity index (χ4n) is 5.05. The van der Waals surface area contributed by atoms with Gasteiger partial charge in [0.25, 0.3) is 0 Å². The number of thiophene rings is 1. The summed E-state index contributed by atoms with van der Waals surface area (Å²) < 4.78 is 6.70. The van der Waals surface area contributed by atoms with Crippen LogP contribution in [0.5, 0.6) is 5.75 Å². The number of aliphatic hydroxyl groups is 1. The second-order valence-electron chi connectivity index (χ2n) is 9.30. The number of carbonyl (C=O) groups is 1. The molecule has 1 aliphatic heterocycles. The minimum absolute atomic E-state index is 0.108. The topological polar surface area (TPSA) is 82.9 Å². The number of hydrogen-bond acceptors (Lipinski definition) is 7. The van der Waals surface area contributed by atoms with E-state index in [-0.39, 0.29) is 12.3 Å². The molecule has 2 aromatic heterocycles. The Kier molecular flexibility index (Phi) is 9.05. The van der Waals surface area contributed by atoms with E-state index < -0.39 is 12.1 Å². The molecule has 8 heteroatoms. The molecular formula is C27H34N2O4S2. The maximum atomic E-state index is 11.6. The third-order valence-electron chi connectivity index (χ3n) is 6.93. The van der Waals surface area contributed by atoms with Gasteiger partial charge in [0.15, 0.2) is 0 Å². The summed E-state index contributed by atoms with van der Waals surface area (Å²) in [6, 6.07) is 11.9. The van der Waals surface area contributed by atoms with Crippen LogP contribution in [0.3, 0.4) is 0 Å². The first-order chi connectivity index (χ1) is 16.9. The number of aryl methyl sites for hydroxylation is 1. The van der Waals surface area contributed by atoms with Crippen molar-refractivity contribution in [3.05, 3.63) is 53.0 Å². The molecule has 1 aliphatic rings. The number of fused-ring (bicyclic) bond motifs is 1. The van der Waals surface area contributed by atoms with Crippen molar-refractivity contribution in [3.63, 3.8) is 0 Å². The van der Waals surface area contributed by atoms with Crippen LogP contribution < -0.4 is 4.74 Å². The molecule has 3 aromatic rings. The zero-order valence-electron chi connectivity index (χ0n) is 20.4. The van der Waals surface area contributed by atoms with Crippen LogP contribution in [0.1, 0.15) is 42.2 Å². The molecule has 0 bridgehead atoms. The Labute approximate surface area is 215 Å². The van der Waals surface area contributed by atoms with Gasteiger partial charge >= 0.3 is 5.97 Å². The Morgan fingerprint density at radius 1 is 1.29 bits per heavy atom. The minimum atomic E-state index is -0.738. The summed E-state index contributed by atoms with van der Waals surface area (Å²) in [7, 11) is 1.63. The number of pyridine rings is 1. The molecule has 2 N–H and O–H groups in total. The molecule has 1 saturated heterocycles. The highest BCUT2D eigenvalue weighted by Crippen LogP contribution is 2.35. The van der Waals surface area contributed by atoms with Gasteiger partial charge in [-0.3, -0.25) is 9.78 Å². The van der Waals surface area contributed by atoms with E-state index in [1.54, 1.807) is 13.3 Å². The van der Waals surface area contributed by atoms with Crippen LogP contribution in [0.25, 0.3) is 10.9 Å². The number of piperidine rings is 1. The van der Waals surface area contributed by atoms with Crippen molar-refractivity contribution in [2.75, 3.05) is 32.5 Å². The Bertz CT molecular complexity index is 1140. The largest absolute Gasteiger partial charge is 0.497 e. The lowest BCUT2D eigenvalue weighted by Gasteiger charge is -2.38.